The second-order valence-corrected chi connectivity index (χ2v) is 18.4. The smallest absolute Gasteiger partial charge is 0.338 e. The first-order chi connectivity index (χ1) is 33.2. The lowest BCUT2D eigenvalue weighted by Crippen LogP contribution is -2.50. The van der Waals surface area contributed by atoms with E-state index in [0.717, 1.165) is 6.92 Å². The molecule has 0 radical (unpaired) electrons. The maximum atomic E-state index is 14.1. The fraction of sp³-hybridized carbons (Fsp3) is 0.404. The molecule has 1 N–H and O–H groups in total. The lowest BCUT2D eigenvalue weighted by Gasteiger charge is -2.32. The normalized spacial score (nSPS) is 22.9. The van der Waals surface area contributed by atoms with E-state index in [9.17, 15) is 38.7 Å². The highest BCUT2D eigenvalue weighted by atomic mass is 16.8. The van der Waals surface area contributed by atoms with Crippen LogP contribution in [0.3, 0.4) is 0 Å². The van der Waals surface area contributed by atoms with E-state index in [1.54, 1.807) is 114 Å². The van der Waals surface area contributed by atoms with Crippen LogP contribution in [0.2, 0.25) is 0 Å². The summed E-state index contributed by atoms with van der Waals surface area (Å²) in [5.41, 5.74) is -1.86. The van der Waals surface area contributed by atoms with Gasteiger partial charge in [0.1, 0.15) is 31.5 Å². The molecule has 4 aromatic rings. The van der Waals surface area contributed by atoms with Crippen molar-refractivity contribution in [2.45, 2.75) is 110 Å². The second kappa shape index (κ2) is 23.1. The monoisotopic (exact) mass is 968 g/mol. The maximum Gasteiger partial charge on any atom is 0.338 e. The Hall–Kier alpha value is -6.99. The zero-order chi connectivity index (χ0) is 50.8. The predicted molar refractivity (Wildman–Crippen MR) is 243 cm³/mol. The summed E-state index contributed by atoms with van der Waals surface area (Å²) in [6.07, 6.45) is -17.3. The summed E-state index contributed by atoms with van der Waals surface area (Å²) in [5, 5.41) is 11.3. The van der Waals surface area contributed by atoms with E-state index in [1.165, 1.54) is 48.5 Å². The number of benzene rings is 4. The molecule has 372 valence electrons. The van der Waals surface area contributed by atoms with Crippen LogP contribution in [0, 0.1) is 10.8 Å². The third-order valence-electron chi connectivity index (χ3n) is 10.8. The summed E-state index contributed by atoms with van der Waals surface area (Å²) in [7, 11) is 0. The van der Waals surface area contributed by atoms with E-state index in [-0.39, 0.29) is 22.3 Å². The second-order valence-electron chi connectivity index (χ2n) is 18.4. The van der Waals surface area contributed by atoms with Crippen molar-refractivity contribution in [3.8, 4) is 0 Å². The molecule has 0 aliphatic carbocycles. The first-order valence-electron chi connectivity index (χ1n) is 22.4. The number of aliphatic hydroxyl groups excluding tert-OH is 1. The standard InChI is InChI=1S/C52H56O18/c1-30(53)63-39-37(66-47(58)41(39)70-50(60)52(5,6)7)36(29-62-49(59)51(2,3)4)65-48-42(68-46(57)34-26-18-11-19-27-34)40(67-45(56)33-24-16-10-17-25-33)38(69-48)35(64-44(55)32-22-14-9-15-23-32)28-61-43(54)31-20-12-8-13-21-31/h8-27,35-42,47-48,58H,28-29H2,1-7H3/t35-,36-,37+,38+,39+,40?,41-,42-,47?,48-/m1/s1. The topological polar surface area (TPSA) is 232 Å². The van der Waals surface area contributed by atoms with E-state index < -0.39 is 127 Å². The minimum absolute atomic E-state index is 0.0398. The Labute approximate surface area is 404 Å². The molecule has 0 amide bonds. The fourth-order valence-electron chi connectivity index (χ4n) is 7.11. The first kappa shape index (κ1) is 52.4. The predicted octanol–water partition coefficient (Wildman–Crippen LogP) is 5.83. The van der Waals surface area contributed by atoms with Crippen molar-refractivity contribution in [2.75, 3.05) is 13.2 Å². The Balaban J connectivity index is 1.47. The molecule has 2 aliphatic rings. The van der Waals surface area contributed by atoms with Crippen molar-refractivity contribution in [3.05, 3.63) is 144 Å². The van der Waals surface area contributed by atoms with Gasteiger partial charge in [0.15, 0.2) is 43.1 Å². The minimum atomic E-state index is -1.94. The first-order valence-corrected chi connectivity index (χ1v) is 22.4. The number of hydrogen-bond acceptors (Lipinski definition) is 18. The van der Waals surface area contributed by atoms with Crippen LogP contribution in [0.25, 0.3) is 0 Å². The molecule has 0 saturated carbocycles. The van der Waals surface area contributed by atoms with Gasteiger partial charge in [0, 0.05) is 6.92 Å². The van der Waals surface area contributed by atoms with Gasteiger partial charge in [0.2, 0.25) is 0 Å². The third kappa shape index (κ3) is 13.6. The van der Waals surface area contributed by atoms with Crippen molar-refractivity contribution in [1.29, 1.82) is 0 Å². The van der Waals surface area contributed by atoms with Crippen LogP contribution in [-0.2, 0) is 61.8 Å². The van der Waals surface area contributed by atoms with E-state index in [1.807, 2.05) is 0 Å². The molecule has 4 aromatic carbocycles. The lowest BCUT2D eigenvalue weighted by molar-refractivity contribution is -0.243. The zero-order valence-electron chi connectivity index (χ0n) is 39.6. The summed E-state index contributed by atoms with van der Waals surface area (Å²) in [6.45, 7) is 9.07. The van der Waals surface area contributed by atoms with E-state index in [2.05, 4.69) is 0 Å². The van der Waals surface area contributed by atoms with Gasteiger partial charge in [-0.05, 0) is 90.1 Å². The van der Waals surface area contributed by atoms with Crippen LogP contribution in [0.15, 0.2) is 121 Å². The fourth-order valence-corrected chi connectivity index (χ4v) is 7.11. The van der Waals surface area contributed by atoms with Gasteiger partial charge in [-0.1, -0.05) is 72.8 Å². The Morgan fingerprint density at radius 3 is 1.37 bits per heavy atom. The third-order valence-corrected chi connectivity index (χ3v) is 10.8. The Bertz CT molecular complexity index is 2430. The molecule has 2 saturated heterocycles. The number of hydrogen-bond donors (Lipinski definition) is 1. The molecule has 2 aliphatic heterocycles. The van der Waals surface area contributed by atoms with Gasteiger partial charge in [-0.15, -0.1) is 0 Å². The van der Waals surface area contributed by atoms with Crippen LogP contribution in [0.5, 0.6) is 0 Å². The Kier molecular flexibility index (Phi) is 17.3. The average Bonchev–Trinajstić information content (AvgIpc) is 3.82. The molecule has 18 nitrogen and oxygen atoms in total. The number of carbonyl (C=O) groups excluding carboxylic acids is 7. The largest absolute Gasteiger partial charge is 0.462 e. The van der Waals surface area contributed by atoms with Crippen molar-refractivity contribution < 1.29 is 86.0 Å². The van der Waals surface area contributed by atoms with Gasteiger partial charge in [0.05, 0.1) is 33.1 Å². The van der Waals surface area contributed by atoms with Gasteiger partial charge < -0.3 is 52.5 Å². The highest BCUT2D eigenvalue weighted by molar-refractivity contribution is 5.91. The van der Waals surface area contributed by atoms with Gasteiger partial charge in [-0.2, -0.15) is 0 Å². The van der Waals surface area contributed by atoms with Crippen molar-refractivity contribution in [2.24, 2.45) is 10.8 Å². The molecule has 2 unspecified atom stereocenters. The van der Waals surface area contributed by atoms with Crippen molar-refractivity contribution in [1.82, 2.24) is 0 Å². The van der Waals surface area contributed by atoms with Gasteiger partial charge in [-0.3, -0.25) is 14.4 Å². The van der Waals surface area contributed by atoms with Crippen LogP contribution >= 0.6 is 0 Å². The molecule has 18 heteroatoms. The summed E-state index contributed by atoms with van der Waals surface area (Å²) < 4.78 is 60.0. The number of carbonyl (C=O) groups is 7. The van der Waals surface area contributed by atoms with Crippen LogP contribution in [-0.4, -0.2) is 122 Å². The average molecular weight is 969 g/mol. The van der Waals surface area contributed by atoms with Crippen molar-refractivity contribution in [3.63, 3.8) is 0 Å². The molecular weight excluding hydrogens is 913 g/mol. The molecule has 2 fully saturated rings. The number of aliphatic hydroxyl groups is 1. The number of esters is 7. The van der Waals surface area contributed by atoms with E-state index in [4.69, 9.17) is 47.4 Å². The quantitative estimate of drug-likeness (QED) is 0.0969. The van der Waals surface area contributed by atoms with Crippen LogP contribution in [0.1, 0.15) is 89.9 Å². The molecule has 2 heterocycles. The molecule has 10 atom stereocenters. The molecule has 0 spiro atoms. The molecular formula is C52H56O18. The maximum absolute atomic E-state index is 14.1. The summed E-state index contributed by atoms with van der Waals surface area (Å²) in [4.78, 5) is 94.8. The van der Waals surface area contributed by atoms with Crippen molar-refractivity contribution >= 4 is 41.8 Å². The molecule has 0 bridgehead atoms. The molecule has 6 rings (SSSR count). The SMILES string of the molecule is CC(=O)O[C@H]1[C@H]([C@@H](COC(=O)C(C)(C)C)O[C@@H]2O[C@@H]([C@@H](COC(=O)c3ccccc3)OC(=O)c3ccccc3)C(OC(=O)c3ccccc3)[C@H]2OC(=O)c2ccccc2)OC(O)[C@@H]1OC(=O)C(C)(C)C. The highest BCUT2D eigenvalue weighted by Gasteiger charge is 2.58. The summed E-state index contributed by atoms with van der Waals surface area (Å²) >= 11 is 0. The zero-order valence-corrected chi connectivity index (χ0v) is 39.6. The van der Waals surface area contributed by atoms with Gasteiger partial charge >= 0.3 is 41.8 Å². The minimum Gasteiger partial charge on any atom is -0.462 e. The Morgan fingerprint density at radius 1 is 0.486 bits per heavy atom. The van der Waals surface area contributed by atoms with E-state index >= 15 is 0 Å². The van der Waals surface area contributed by atoms with E-state index in [0.29, 0.717) is 0 Å². The van der Waals surface area contributed by atoms with Crippen LogP contribution < -0.4 is 0 Å². The molecule has 70 heavy (non-hydrogen) atoms. The summed E-state index contributed by atoms with van der Waals surface area (Å²) in [6, 6.07) is 31.2. The summed E-state index contributed by atoms with van der Waals surface area (Å²) in [5.74, 6) is -6.08. The number of rotatable bonds is 17. The molecule has 0 aromatic heterocycles. The lowest BCUT2D eigenvalue weighted by atomic mass is 9.97. The van der Waals surface area contributed by atoms with Gasteiger partial charge in [-0.25, -0.2) is 19.2 Å². The van der Waals surface area contributed by atoms with Gasteiger partial charge in [0.25, 0.3) is 0 Å². The number of ether oxygens (including phenoxy) is 10. The Morgan fingerprint density at radius 2 is 0.900 bits per heavy atom. The van der Waals surface area contributed by atoms with Crippen LogP contribution in [0.4, 0.5) is 0 Å². The highest BCUT2D eigenvalue weighted by Crippen LogP contribution is 2.37.